The van der Waals surface area contributed by atoms with E-state index in [4.69, 9.17) is 0 Å². The molecule has 0 radical (unpaired) electrons. The first-order chi connectivity index (χ1) is 7.68. The van der Waals surface area contributed by atoms with Gasteiger partial charge in [-0.05, 0) is 0 Å². The highest BCUT2D eigenvalue weighted by Gasteiger charge is 2.27. The molecule has 0 saturated carbocycles. The van der Waals surface area contributed by atoms with Gasteiger partial charge in [-0.2, -0.15) is 0 Å². The van der Waals surface area contributed by atoms with Gasteiger partial charge in [-0.15, -0.1) is 0 Å². The summed E-state index contributed by atoms with van der Waals surface area (Å²) in [4.78, 5) is 32.8. The third-order valence-electron chi connectivity index (χ3n) is 2.74. The zero-order valence-corrected chi connectivity index (χ0v) is 9.09. The Balaban J connectivity index is 2.09. The van der Waals surface area contributed by atoms with Crippen LogP contribution in [-0.2, 0) is 4.79 Å². The lowest BCUT2D eigenvalue weighted by molar-refractivity contribution is -0.124. The number of rotatable bonds is 1. The topological polar surface area (TPSA) is 63.2 Å². The van der Waals surface area contributed by atoms with Crippen molar-refractivity contribution < 1.29 is 9.59 Å². The summed E-state index contributed by atoms with van der Waals surface area (Å²) in [6, 6.07) is 0. The Morgan fingerprint density at radius 2 is 2.31 bits per heavy atom. The molecule has 0 spiro atoms. The number of amides is 1. The van der Waals surface area contributed by atoms with Crippen molar-refractivity contribution in [2.75, 3.05) is 13.1 Å². The smallest absolute Gasteiger partial charge is 0.274 e. The van der Waals surface area contributed by atoms with Crippen LogP contribution < -0.4 is 0 Å². The first-order valence-electron chi connectivity index (χ1n) is 5.26. The summed E-state index contributed by atoms with van der Waals surface area (Å²) >= 11 is 0. The van der Waals surface area contributed by atoms with Crippen LogP contribution in [0, 0.1) is 5.92 Å². The van der Waals surface area contributed by atoms with E-state index in [1.165, 1.54) is 18.6 Å². The maximum absolute atomic E-state index is 12.0. The molecular formula is C11H13N3O2. The third kappa shape index (κ3) is 2.08. The summed E-state index contributed by atoms with van der Waals surface area (Å²) in [6.45, 7) is 2.81. The molecule has 1 aromatic heterocycles. The van der Waals surface area contributed by atoms with E-state index in [1.54, 1.807) is 4.90 Å². The lowest BCUT2D eigenvalue weighted by Gasteiger charge is -2.29. The number of Topliss-reactive ketones (excluding diaryl/α,β-unsaturated/α-hetero) is 1. The molecule has 2 heterocycles. The van der Waals surface area contributed by atoms with Gasteiger partial charge in [-0.3, -0.25) is 14.6 Å². The quantitative estimate of drug-likeness (QED) is 0.691. The van der Waals surface area contributed by atoms with Crippen molar-refractivity contribution in [2.24, 2.45) is 5.92 Å². The summed E-state index contributed by atoms with van der Waals surface area (Å²) in [6.07, 6.45) is 4.90. The van der Waals surface area contributed by atoms with Gasteiger partial charge in [0.1, 0.15) is 11.5 Å². The predicted molar refractivity (Wildman–Crippen MR) is 56.7 cm³/mol. The lowest BCUT2D eigenvalue weighted by Crippen LogP contribution is -2.43. The molecule has 1 unspecified atom stereocenters. The first kappa shape index (κ1) is 10.7. The van der Waals surface area contributed by atoms with Crippen LogP contribution in [0.15, 0.2) is 18.6 Å². The second kappa shape index (κ2) is 4.38. The highest BCUT2D eigenvalue weighted by Crippen LogP contribution is 2.14. The zero-order valence-electron chi connectivity index (χ0n) is 9.09. The number of aromatic nitrogens is 2. The Labute approximate surface area is 93.5 Å². The summed E-state index contributed by atoms with van der Waals surface area (Å²) in [5, 5.41) is 0. The van der Waals surface area contributed by atoms with Crippen LogP contribution in [-0.4, -0.2) is 39.6 Å². The molecule has 1 aliphatic heterocycles. The molecule has 5 nitrogen and oxygen atoms in total. The maximum atomic E-state index is 12.0. The molecule has 1 aromatic rings. The van der Waals surface area contributed by atoms with Crippen molar-refractivity contribution in [3.63, 3.8) is 0 Å². The number of carbonyl (C=O) groups excluding carboxylic acids is 2. The van der Waals surface area contributed by atoms with Gasteiger partial charge in [0, 0.05) is 37.8 Å². The first-order valence-corrected chi connectivity index (χ1v) is 5.26. The second-order valence-electron chi connectivity index (χ2n) is 3.96. The molecule has 1 saturated heterocycles. The van der Waals surface area contributed by atoms with E-state index in [1.807, 2.05) is 6.92 Å². The number of hydrogen-bond acceptors (Lipinski definition) is 4. The Hall–Kier alpha value is -1.78. The van der Waals surface area contributed by atoms with E-state index in [0.717, 1.165) is 0 Å². The van der Waals surface area contributed by atoms with Crippen LogP contribution in [0.2, 0.25) is 0 Å². The van der Waals surface area contributed by atoms with Gasteiger partial charge in [-0.25, -0.2) is 4.98 Å². The minimum absolute atomic E-state index is 0.0747. The Morgan fingerprint density at radius 1 is 1.50 bits per heavy atom. The van der Waals surface area contributed by atoms with Gasteiger partial charge in [0.25, 0.3) is 5.91 Å². The largest absolute Gasteiger partial charge is 0.336 e. The van der Waals surface area contributed by atoms with E-state index >= 15 is 0 Å². The number of ketones is 1. The average molecular weight is 219 g/mol. The molecule has 0 aromatic carbocycles. The van der Waals surface area contributed by atoms with E-state index < -0.39 is 0 Å². The molecule has 84 valence electrons. The van der Waals surface area contributed by atoms with Gasteiger partial charge in [0.2, 0.25) is 0 Å². The van der Waals surface area contributed by atoms with Crippen LogP contribution in [0.25, 0.3) is 0 Å². The molecule has 5 heteroatoms. The van der Waals surface area contributed by atoms with Crippen LogP contribution in [0.5, 0.6) is 0 Å². The van der Waals surface area contributed by atoms with E-state index in [0.29, 0.717) is 25.2 Å². The molecule has 1 fully saturated rings. The molecule has 0 aliphatic carbocycles. The third-order valence-corrected chi connectivity index (χ3v) is 2.74. The van der Waals surface area contributed by atoms with Gasteiger partial charge in [-0.1, -0.05) is 6.92 Å². The SMILES string of the molecule is CC1CN(C(=O)c2cnccn2)CCC1=O. The summed E-state index contributed by atoms with van der Waals surface area (Å²) in [7, 11) is 0. The van der Waals surface area contributed by atoms with Crippen LogP contribution in [0.3, 0.4) is 0 Å². The average Bonchev–Trinajstić information content (AvgIpc) is 2.33. The zero-order chi connectivity index (χ0) is 11.5. The van der Waals surface area contributed by atoms with Crippen LogP contribution >= 0.6 is 0 Å². The summed E-state index contributed by atoms with van der Waals surface area (Å²) < 4.78 is 0. The highest BCUT2D eigenvalue weighted by molar-refractivity contribution is 5.93. The predicted octanol–water partition coefficient (Wildman–Crippen LogP) is 0.528. The van der Waals surface area contributed by atoms with Gasteiger partial charge < -0.3 is 4.90 Å². The minimum Gasteiger partial charge on any atom is -0.336 e. The molecule has 0 bridgehead atoms. The normalized spacial score (nSPS) is 20.9. The molecule has 16 heavy (non-hydrogen) atoms. The molecular weight excluding hydrogens is 206 g/mol. The van der Waals surface area contributed by atoms with Crippen molar-refractivity contribution in [3.05, 3.63) is 24.3 Å². The number of carbonyl (C=O) groups is 2. The van der Waals surface area contributed by atoms with Crippen molar-refractivity contribution in [3.8, 4) is 0 Å². The van der Waals surface area contributed by atoms with Crippen molar-refractivity contribution in [2.45, 2.75) is 13.3 Å². The molecule has 2 rings (SSSR count). The van der Waals surface area contributed by atoms with Gasteiger partial charge in [0.05, 0.1) is 6.20 Å². The Bertz CT molecular complexity index is 405. The minimum atomic E-state index is -0.146. The molecule has 1 atom stereocenters. The summed E-state index contributed by atoms with van der Waals surface area (Å²) in [5.41, 5.74) is 0.337. The van der Waals surface area contributed by atoms with Crippen LogP contribution in [0.4, 0.5) is 0 Å². The van der Waals surface area contributed by atoms with Crippen molar-refractivity contribution >= 4 is 11.7 Å². The fourth-order valence-corrected chi connectivity index (χ4v) is 1.77. The van der Waals surface area contributed by atoms with Gasteiger partial charge >= 0.3 is 0 Å². The monoisotopic (exact) mass is 219 g/mol. The molecule has 0 N–H and O–H groups in total. The number of likely N-dealkylation sites (tertiary alicyclic amines) is 1. The number of nitrogens with zero attached hydrogens (tertiary/aromatic N) is 3. The highest BCUT2D eigenvalue weighted by atomic mass is 16.2. The number of piperidine rings is 1. The lowest BCUT2D eigenvalue weighted by atomic mass is 9.98. The molecule has 1 amide bonds. The van der Waals surface area contributed by atoms with Crippen molar-refractivity contribution in [1.82, 2.24) is 14.9 Å². The van der Waals surface area contributed by atoms with E-state index in [9.17, 15) is 9.59 Å². The fraction of sp³-hybridized carbons (Fsp3) is 0.455. The van der Waals surface area contributed by atoms with Crippen molar-refractivity contribution in [1.29, 1.82) is 0 Å². The molecule has 1 aliphatic rings. The van der Waals surface area contributed by atoms with E-state index in [2.05, 4.69) is 9.97 Å². The maximum Gasteiger partial charge on any atom is 0.274 e. The number of hydrogen-bond donors (Lipinski definition) is 0. The van der Waals surface area contributed by atoms with E-state index in [-0.39, 0.29) is 17.6 Å². The summed E-state index contributed by atoms with van der Waals surface area (Å²) in [5.74, 6) is 0.00465. The fourth-order valence-electron chi connectivity index (χ4n) is 1.77. The second-order valence-corrected chi connectivity index (χ2v) is 3.96. The Morgan fingerprint density at radius 3 is 2.94 bits per heavy atom. The van der Waals surface area contributed by atoms with Gasteiger partial charge in [0.15, 0.2) is 0 Å². The standard InChI is InChI=1S/C11H13N3O2/c1-8-7-14(5-2-10(8)15)11(16)9-6-12-3-4-13-9/h3-4,6,8H,2,5,7H2,1H3. The Kier molecular flexibility index (Phi) is 2.94. The van der Waals surface area contributed by atoms with Crippen LogP contribution in [0.1, 0.15) is 23.8 Å².